The minimum Gasteiger partial charge on any atom is -0.396 e. The Balaban J connectivity index is 1.51. The molecule has 2 aliphatic carbocycles. The molecule has 2 aliphatic rings. The van der Waals surface area contributed by atoms with Crippen LogP contribution in [0.4, 0.5) is 0 Å². The number of nitrogens with zero attached hydrogens (tertiary/aromatic N) is 1. The predicted octanol–water partition coefficient (Wildman–Crippen LogP) is 2.98. The minimum absolute atomic E-state index is 0.101. The van der Waals surface area contributed by atoms with Crippen molar-refractivity contribution in [3.8, 4) is 0 Å². The second kappa shape index (κ2) is 8.29. The molecule has 154 valence electrons. The number of carbonyl (C=O) groups excluding carboxylic acids is 1. The van der Waals surface area contributed by atoms with Gasteiger partial charge in [-0.3, -0.25) is 9.69 Å². The second-order valence-electron chi connectivity index (χ2n) is 9.01. The highest BCUT2D eigenvalue weighted by molar-refractivity contribution is 5.88. The Hall–Kier alpha value is -2.17. The van der Waals surface area contributed by atoms with E-state index in [1.807, 2.05) is 6.07 Å². The van der Waals surface area contributed by atoms with Crippen LogP contribution in [0.25, 0.3) is 0 Å². The topological polar surface area (TPSA) is 52.6 Å². The number of aliphatic hydroxyl groups is 1. The number of likely N-dealkylation sites (N-methyl/N-ethyl adjacent to an activating group) is 1. The number of rotatable bonds is 8. The number of aliphatic hydroxyl groups excluding tert-OH is 1. The van der Waals surface area contributed by atoms with Gasteiger partial charge < -0.3 is 10.4 Å². The average molecular weight is 393 g/mol. The van der Waals surface area contributed by atoms with Gasteiger partial charge in [0.2, 0.25) is 5.91 Å². The van der Waals surface area contributed by atoms with Crippen molar-refractivity contribution < 1.29 is 9.90 Å². The molecule has 1 amide bonds. The second-order valence-corrected chi connectivity index (χ2v) is 9.01. The third-order valence-electron chi connectivity index (χ3n) is 7.19. The summed E-state index contributed by atoms with van der Waals surface area (Å²) in [7, 11) is 2.08. The lowest BCUT2D eigenvalue weighted by atomic mass is 9.69. The third kappa shape index (κ3) is 3.96. The van der Waals surface area contributed by atoms with Gasteiger partial charge in [-0.2, -0.15) is 0 Å². The van der Waals surface area contributed by atoms with Crippen LogP contribution in [0, 0.1) is 5.41 Å². The van der Waals surface area contributed by atoms with Gasteiger partial charge in [0.15, 0.2) is 0 Å². The molecule has 0 spiro atoms. The summed E-state index contributed by atoms with van der Waals surface area (Å²) in [5.41, 5.74) is 3.17. The molecule has 0 aromatic heterocycles. The molecule has 4 rings (SSSR count). The van der Waals surface area contributed by atoms with Crippen LogP contribution in [-0.2, 0) is 24.1 Å². The molecule has 0 bridgehead atoms. The van der Waals surface area contributed by atoms with E-state index in [1.165, 1.54) is 16.7 Å². The largest absolute Gasteiger partial charge is 0.396 e. The standard InChI is InChI=1S/C25H32N2O2/c1-27(15-12-20-8-3-2-4-9-20)25(16-21-10-5-6-11-22(21)17-25)23(29)26-18-24(19-28)13-7-14-24/h2-6,8-11,28H,7,12-19H2,1H3,(H,26,29). The Bertz CT molecular complexity index is 814. The summed E-state index contributed by atoms with van der Waals surface area (Å²) in [6.07, 6.45) is 5.55. The van der Waals surface area contributed by atoms with Crippen LogP contribution in [0.1, 0.15) is 36.0 Å². The zero-order valence-electron chi connectivity index (χ0n) is 17.4. The highest BCUT2D eigenvalue weighted by atomic mass is 16.3. The highest BCUT2D eigenvalue weighted by Crippen LogP contribution is 2.40. The molecule has 1 fully saturated rings. The maximum absolute atomic E-state index is 13.6. The average Bonchev–Trinajstić information content (AvgIpc) is 3.13. The van der Waals surface area contributed by atoms with Crippen LogP contribution in [0.15, 0.2) is 54.6 Å². The van der Waals surface area contributed by atoms with E-state index in [-0.39, 0.29) is 17.9 Å². The quantitative estimate of drug-likeness (QED) is 0.726. The van der Waals surface area contributed by atoms with Crippen molar-refractivity contribution in [2.75, 3.05) is 26.7 Å². The van der Waals surface area contributed by atoms with Gasteiger partial charge in [0.1, 0.15) is 5.54 Å². The van der Waals surface area contributed by atoms with Crippen molar-refractivity contribution in [1.29, 1.82) is 0 Å². The van der Waals surface area contributed by atoms with Gasteiger partial charge in [-0.15, -0.1) is 0 Å². The third-order valence-corrected chi connectivity index (χ3v) is 7.19. The Morgan fingerprint density at radius 3 is 2.21 bits per heavy atom. The van der Waals surface area contributed by atoms with Crippen molar-refractivity contribution in [2.45, 2.75) is 44.1 Å². The fourth-order valence-corrected chi connectivity index (χ4v) is 4.85. The summed E-state index contributed by atoms with van der Waals surface area (Å²) in [4.78, 5) is 15.8. The fourth-order valence-electron chi connectivity index (χ4n) is 4.85. The summed E-state index contributed by atoms with van der Waals surface area (Å²) < 4.78 is 0. The monoisotopic (exact) mass is 392 g/mol. The summed E-state index contributed by atoms with van der Waals surface area (Å²) >= 11 is 0. The van der Waals surface area contributed by atoms with E-state index in [0.29, 0.717) is 6.54 Å². The molecule has 0 heterocycles. The Labute approximate surface area is 173 Å². The van der Waals surface area contributed by atoms with Crippen molar-refractivity contribution in [1.82, 2.24) is 10.2 Å². The van der Waals surface area contributed by atoms with Crippen molar-refractivity contribution in [3.63, 3.8) is 0 Å². The van der Waals surface area contributed by atoms with Gasteiger partial charge in [0.05, 0.1) is 6.61 Å². The molecule has 0 aliphatic heterocycles. The van der Waals surface area contributed by atoms with Crippen LogP contribution < -0.4 is 5.32 Å². The van der Waals surface area contributed by atoms with Crippen LogP contribution in [-0.4, -0.2) is 48.2 Å². The molecule has 1 saturated carbocycles. The molecule has 4 nitrogen and oxygen atoms in total. The minimum atomic E-state index is -0.557. The van der Waals surface area contributed by atoms with Crippen LogP contribution in [0.5, 0.6) is 0 Å². The van der Waals surface area contributed by atoms with E-state index in [2.05, 4.69) is 65.8 Å². The first-order chi connectivity index (χ1) is 14.1. The summed E-state index contributed by atoms with van der Waals surface area (Å²) in [5.74, 6) is 0.101. The molecule has 2 aromatic carbocycles. The lowest BCUT2D eigenvalue weighted by Crippen LogP contribution is -2.60. The number of carbonyl (C=O) groups is 1. The fraction of sp³-hybridized carbons (Fsp3) is 0.480. The molecule has 2 N–H and O–H groups in total. The number of nitrogens with one attached hydrogen (secondary N) is 1. The number of benzene rings is 2. The molecule has 0 radical (unpaired) electrons. The number of hydrogen-bond donors (Lipinski definition) is 2. The first kappa shape index (κ1) is 20.1. The maximum Gasteiger partial charge on any atom is 0.241 e. The van der Waals surface area contributed by atoms with Crippen molar-refractivity contribution in [2.24, 2.45) is 5.41 Å². The molecule has 0 saturated heterocycles. The van der Waals surface area contributed by atoms with E-state index in [0.717, 1.165) is 45.1 Å². The lowest BCUT2D eigenvalue weighted by molar-refractivity contribution is -0.133. The SMILES string of the molecule is CN(CCc1ccccc1)C1(C(=O)NCC2(CO)CCC2)Cc2ccccc2C1. The van der Waals surface area contributed by atoms with Crippen LogP contribution in [0.2, 0.25) is 0 Å². The predicted molar refractivity (Wildman–Crippen MR) is 116 cm³/mol. The molecule has 0 atom stereocenters. The number of hydrogen-bond acceptors (Lipinski definition) is 3. The zero-order valence-corrected chi connectivity index (χ0v) is 17.4. The van der Waals surface area contributed by atoms with Gasteiger partial charge in [-0.05, 0) is 43.0 Å². The Morgan fingerprint density at radius 1 is 1.03 bits per heavy atom. The van der Waals surface area contributed by atoms with Crippen molar-refractivity contribution >= 4 is 5.91 Å². The van der Waals surface area contributed by atoms with Gasteiger partial charge in [0, 0.05) is 31.3 Å². The zero-order chi connectivity index (χ0) is 20.3. The number of amides is 1. The molecular weight excluding hydrogens is 360 g/mol. The van der Waals surface area contributed by atoms with E-state index in [1.54, 1.807) is 0 Å². The van der Waals surface area contributed by atoms with E-state index in [4.69, 9.17) is 0 Å². The summed E-state index contributed by atoms with van der Waals surface area (Å²) in [5, 5.41) is 13.0. The normalized spacial score (nSPS) is 18.9. The summed E-state index contributed by atoms with van der Waals surface area (Å²) in [6, 6.07) is 18.9. The summed E-state index contributed by atoms with van der Waals surface area (Å²) in [6.45, 7) is 1.56. The lowest BCUT2D eigenvalue weighted by Gasteiger charge is -2.43. The molecule has 2 aromatic rings. The first-order valence-corrected chi connectivity index (χ1v) is 10.8. The number of fused-ring (bicyclic) bond motifs is 1. The smallest absolute Gasteiger partial charge is 0.241 e. The van der Waals surface area contributed by atoms with E-state index >= 15 is 0 Å². The van der Waals surface area contributed by atoms with Crippen LogP contribution in [0.3, 0.4) is 0 Å². The van der Waals surface area contributed by atoms with Gasteiger partial charge >= 0.3 is 0 Å². The molecule has 0 unspecified atom stereocenters. The van der Waals surface area contributed by atoms with Gasteiger partial charge in [0.25, 0.3) is 0 Å². The Kier molecular flexibility index (Phi) is 5.75. The van der Waals surface area contributed by atoms with Crippen molar-refractivity contribution in [3.05, 3.63) is 71.3 Å². The molecule has 4 heteroatoms. The van der Waals surface area contributed by atoms with Gasteiger partial charge in [-0.25, -0.2) is 0 Å². The first-order valence-electron chi connectivity index (χ1n) is 10.8. The van der Waals surface area contributed by atoms with Crippen LogP contribution >= 0.6 is 0 Å². The highest BCUT2D eigenvalue weighted by Gasteiger charge is 2.47. The van der Waals surface area contributed by atoms with E-state index < -0.39 is 5.54 Å². The molecular formula is C25H32N2O2. The van der Waals surface area contributed by atoms with Gasteiger partial charge in [-0.1, -0.05) is 61.0 Å². The molecule has 29 heavy (non-hydrogen) atoms. The van der Waals surface area contributed by atoms with E-state index in [9.17, 15) is 9.90 Å². The maximum atomic E-state index is 13.6. The Morgan fingerprint density at radius 2 is 1.66 bits per heavy atom.